The van der Waals surface area contributed by atoms with Gasteiger partial charge >= 0.3 is 6.18 Å². The Morgan fingerprint density at radius 2 is 0.962 bits per heavy atom. The predicted octanol–water partition coefficient (Wildman–Crippen LogP) is 8.21. The van der Waals surface area contributed by atoms with E-state index in [2.05, 4.69) is 0 Å². The van der Waals surface area contributed by atoms with E-state index in [1.54, 1.807) is 13.8 Å². The van der Waals surface area contributed by atoms with Crippen LogP contribution in [0.15, 0.2) is 0 Å². The maximum Gasteiger partial charge on any atom is 0.423 e. The molecule has 26 heavy (non-hydrogen) atoms. The quantitative estimate of drug-likeness (QED) is 0.366. The van der Waals surface area contributed by atoms with E-state index in [0.717, 1.165) is 27.7 Å². The third-order valence-corrected chi connectivity index (χ3v) is 6.58. The van der Waals surface area contributed by atoms with E-state index < -0.39 is 39.4 Å². The Bertz CT molecular complexity index is 485. The molecule has 0 aliphatic rings. The molecule has 0 rings (SSSR count). The number of rotatable bonds is 8. The van der Waals surface area contributed by atoms with Gasteiger partial charge in [0.05, 0.1) is 5.41 Å². The van der Waals surface area contributed by atoms with Gasteiger partial charge in [0.2, 0.25) is 5.67 Å². The zero-order valence-electron chi connectivity index (χ0n) is 17.9. The lowest BCUT2D eigenvalue weighted by Gasteiger charge is -2.56. The van der Waals surface area contributed by atoms with Crippen LogP contribution in [0.4, 0.5) is 26.3 Å². The molecule has 0 spiro atoms. The lowest BCUT2D eigenvalue weighted by atomic mass is 9.53. The van der Waals surface area contributed by atoms with Crippen molar-refractivity contribution in [2.75, 3.05) is 0 Å². The van der Waals surface area contributed by atoms with Crippen molar-refractivity contribution in [3.05, 3.63) is 0 Å². The average Bonchev–Trinajstić information content (AvgIpc) is 2.43. The molecule has 0 aliphatic heterocycles. The van der Waals surface area contributed by atoms with E-state index in [1.807, 2.05) is 6.92 Å². The molecule has 0 nitrogen and oxygen atoms in total. The fraction of sp³-hybridized carbons (Fsp3) is 1.00. The SMILES string of the molecule is CCC(C)(C)CC(C)(C)C(F)(F)C(C)(C)C(F)(C(F)(F)F)C(C)(C)CC. The molecule has 0 heterocycles. The summed E-state index contributed by atoms with van der Waals surface area (Å²) in [6.07, 6.45) is -5.07. The molecule has 0 radical (unpaired) electrons. The highest BCUT2D eigenvalue weighted by molar-refractivity contribution is 5.15. The van der Waals surface area contributed by atoms with Crippen LogP contribution >= 0.6 is 0 Å². The second-order valence-corrected chi connectivity index (χ2v) is 10.2. The van der Waals surface area contributed by atoms with Gasteiger partial charge in [0.1, 0.15) is 0 Å². The summed E-state index contributed by atoms with van der Waals surface area (Å²) >= 11 is 0. The molecular weight excluding hydrogens is 354 g/mol. The first-order chi connectivity index (χ1) is 11.1. The summed E-state index contributed by atoms with van der Waals surface area (Å²) in [5.74, 6) is -3.90. The fourth-order valence-corrected chi connectivity index (χ4v) is 4.32. The van der Waals surface area contributed by atoms with Crippen molar-refractivity contribution in [2.45, 2.75) is 106 Å². The van der Waals surface area contributed by atoms with E-state index in [0.29, 0.717) is 6.42 Å². The molecule has 6 heteroatoms. The first-order valence-electron chi connectivity index (χ1n) is 9.21. The number of hydrogen-bond acceptors (Lipinski definition) is 0. The lowest BCUT2D eigenvalue weighted by Crippen LogP contribution is -2.69. The van der Waals surface area contributed by atoms with Gasteiger partial charge in [-0.2, -0.15) is 13.2 Å². The zero-order chi connectivity index (χ0) is 21.6. The Morgan fingerprint density at radius 3 is 1.23 bits per heavy atom. The molecular formula is C20H36F6. The number of alkyl halides is 6. The lowest BCUT2D eigenvalue weighted by molar-refractivity contribution is -0.353. The first-order valence-corrected chi connectivity index (χ1v) is 9.21. The van der Waals surface area contributed by atoms with Gasteiger partial charge in [-0.05, 0) is 18.3 Å². The summed E-state index contributed by atoms with van der Waals surface area (Å²) < 4.78 is 88.7. The van der Waals surface area contributed by atoms with Crippen LogP contribution in [-0.2, 0) is 0 Å². The smallest absolute Gasteiger partial charge is 0.232 e. The van der Waals surface area contributed by atoms with E-state index in [-0.39, 0.29) is 12.8 Å². The maximum atomic E-state index is 15.8. The van der Waals surface area contributed by atoms with Gasteiger partial charge in [0.15, 0.2) is 0 Å². The second-order valence-electron chi connectivity index (χ2n) is 10.2. The largest absolute Gasteiger partial charge is 0.423 e. The van der Waals surface area contributed by atoms with E-state index in [4.69, 9.17) is 0 Å². The van der Waals surface area contributed by atoms with Crippen molar-refractivity contribution in [2.24, 2.45) is 21.7 Å². The monoisotopic (exact) mass is 390 g/mol. The molecule has 0 aromatic heterocycles. The van der Waals surface area contributed by atoms with Crippen LogP contribution in [0, 0.1) is 21.7 Å². The molecule has 1 unspecified atom stereocenters. The van der Waals surface area contributed by atoms with Gasteiger partial charge in [-0.1, -0.05) is 75.7 Å². The van der Waals surface area contributed by atoms with Crippen molar-refractivity contribution < 1.29 is 26.3 Å². The van der Waals surface area contributed by atoms with Crippen molar-refractivity contribution in [3.63, 3.8) is 0 Å². The van der Waals surface area contributed by atoms with Gasteiger partial charge in [-0.15, -0.1) is 0 Å². The molecule has 158 valence electrons. The molecule has 0 fully saturated rings. The Labute approximate surface area is 155 Å². The van der Waals surface area contributed by atoms with Gasteiger partial charge < -0.3 is 0 Å². The topological polar surface area (TPSA) is 0 Å². The highest BCUT2D eigenvalue weighted by Crippen LogP contribution is 2.66. The van der Waals surface area contributed by atoms with Crippen molar-refractivity contribution >= 4 is 0 Å². The molecule has 0 aromatic carbocycles. The number of hydrogen-bond donors (Lipinski definition) is 0. The highest BCUT2D eigenvalue weighted by Gasteiger charge is 2.78. The first kappa shape index (κ1) is 25.6. The minimum Gasteiger partial charge on any atom is -0.232 e. The standard InChI is InChI=1S/C20H36F6/c1-11-14(3,4)13-16(7,8)19(22,23)17(9,10)18(21,20(24,25)26)15(5,6)12-2/h11-13H2,1-10H3. The van der Waals surface area contributed by atoms with Gasteiger partial charge in [-0.25, -0.2) is 13.2 Å². The van der Waals surface area contributed by atoms with E-state index in [1.165, 1.54) is 20.8 Å². The third kappa shape index (κ3) is 3.76. The molecule has 0 bridgehead atoms. The summed E-state index contributed by atoms with van der Waals surface area (Å²) in [7, 11) is 0. The summed E-state index contributed by atoms with van der Waals surface area (Å²) in [5, 5.41) is 0. The predicted molar refractivity (Wildman–Crippen MR) is 95.2 cm³/mol. The molecule has 0 aromatic rings. The van der Waals surface area contributed by atoms with Crippen molar-refractivity contribution in [1.29, 1.82) is 0 Å². The van der Waals surface area contributed by atoms with E-state index >= 15 is 13.2 Å². The maximum absolute atomic E-state index is 15.8. The van der Waals surface area contributed by atoms with Crippen molar-refractivity contribution in [1.82, 2.24) is 0 Å². The van der Waals surface area contributed by atoms with E-state index in [9.17, 15) is 13.2 Å². The average molecular weight is 390 g/mol. The number of halogens is 6. The van der Waals surface area contributed by atoms with Gasteiger partial charge in [0.25, 0.3) is 5.92 Å². The van der Waals surface area contributed by atoms with Crippen LogP contribution in [-0.4, -0.2) is 17.8 Å². The van der Waals surface area contributed by atoms with Gasteiger partial charge in [-0.3, -0.25) is 0 Å². The highest BCUT2D eigenvalue weighted by atomic mass is 19.4. The van der Waals surface area contributed by atoms with Crippen LogP contribution < -0.4 is 0 Å². The molecule has 0 saturated carbocycles. The molecule has 0 amide bonds. The van der Waals surface area contributed by atoms with Crippen LogP contribution in [0.1, 0.15) is 88.5 Å². The Balaban J connectivity index is 6.55. The van der Waals surface area contributed by atoms with Gasteiger partial charge in [0, 0.05) is 10.8 Å². The third-order valence-electron chi connectivity index (χ3n) is 6.58. The Kier molecular flexibility index (Phi) is 6.77. The molecule has 0 saturated heterocycles. The molecule has 0 N–H and O–H groups in total. The second kappa shape index (κ2) is 6.88. The van der Waals surface area contributed by atoms with Crippen LogP contribution in [0.25, 0.3) is 0 Å². The fourth-order valence-electron chi connectivity index (χ4n) is 4.32. The minimum absolute atomic E-state index is 0.0204. The summed E-state index contributed by atoms with van der Waals surface area (Å²) in [6, 6.07) is 0. The van der Waals surface area contributed by atoms with Crippen LogP contribution in [0.2, 0.25) is 0 Å². The summed E-state index contributed by atoms with van der Waals surface area (Å²) in [4.78, 5) is 0. The zero-order valence-corrected chi connectivity index (χ0v) is 17.9. The molecule has 0 aliphatic carbocycles. The van der Waals surface area contributed by atoms with Crippen molar-refractivity contribution in [3.8, 4) is 0 Å². The van der Waals surface area contributed by atoms with Crippen LogP contribution in [0.5, 0.6) is 0 Å². The normalized spacial score (nSPS) is 18.0. The summed E-state index contributed by atoms with van der Waals surface area (Å²) in [6.45, 7) is 12.9. The summed E-state index contributed by atoms with van der Waals surface area (Å²) in [5.41, 5.74) is -11.3. The minimum atomic E-state index is -5.42. The Hall–Kier alpha value is -0.420. The molecule has 1 atom stereocenters. The van der Waals surface area contributed by atoms with Crippen LogP contribution in [0.3, 0.4) is 0 Å². The Morgan fingerprint density at radius 1 is 0.577 bits per heavy atom.